The molecule has 4 aliphatic rings. The van der Waals surface area contributed by atoms with Crippen LogP contribution in [-0.2, 0) is 19.1 Å². The first-order valence-corrected chi connectivity index (χ1v) is 8.40. The Morgan fingerprint density at radius 3 is 2.59 bits per heavy atom. The second-order valence-electron chi connectivity index (χ2n) is 8.51. The molecule has 0 amide bonds. The number of rotatable bonds is 1. The predicted molar refractivity (Wildman–Crippen MR) is 79.6 cm³/mol. The predicted octanol–water partition coefficient (Wildman–Crippen LogP) is 2.35. The highest BCUT2D eigenvalue weighted by Crippen LogP contribution is 2.71. The third kappa shape index (κ3) is 1.35. The normalized spacial score (nSPS) is 55.3. The van der Waals surface area contributed by atoms with Crippen molar-refractivity contribution in [2.45, 2.75) is 71.4 Å². The molecule has 4 fully saturated rings. The topological polar surface area (TPSA) is 48.0 Å². The van der Waals surface area contributed by atoms with E-state index in [4.69, 9.17) is 14.3 Å². The quantitative estimate of drug-likeness (QED) is 0.696. The molecule has 2 aliphatic carbocycles. The van der Waals surface area contributed by atoms with E-state index in [0.29, 0.717) is 5.92 Å². The first-order chi connectivity index (χ1) is 10.2. The van der Waals surface area contributed by atoms with Gasteiger partial charge in [-0.25, -0.2) is 0 Å². The van der Waals surface area contributed by atoms with Gasteiger partial charge in [-0.1, -0.05) is 20.8 Å². The summed E-state index contributed by atoms with van der Waals surface area (Å²) in [4.78, 5) is 18.4. The van der Waals surface area contributed by atoms with E-state index >= 15 is 0 Å². The number of hydrogen-bond acceptors (Lipinski definition) is 5. The van der Waals surface area contributed by atoms with Gasteiger partial charge in [0.15, 0.2) is 5.72 Å². The van der Waals surface area contributed by atoms with Gasteiger partial charge in [0.1, 0.15) is 5.92 Å². The fraction of sp³-hybridized carbons (Fsp3) is 0.941. The van der Waals surface area contributed by atoms with Crippen molar-refractivity contribution in [2.75, 3.05) is 7.11 Å². The number of nitrogens with zero attached hydrogens (tertiary/aromatic N) is 1. The molecule has 0 aromatic rings. The lowest BCUT2D eigenvalue weighted by Crippen LogP contribution is -2.49. The van der Waals surface area contributed by atoms with Crippen LogP contribution < -0.4 is 0 Å². The van der Waals surface area contributed by atoms with E-state index < -0.39 is 11.6 Å². The lowest BCUT2D eigenvalue weighted by atomic mass is 9.70. The molecule has 2 saturated heterocycles. The van der Waals surface area contributed by atoms with Gasteiger partial charge in [-0.2, -0.15) is 5.06 Å². The molecule has 0 N–H and O–H groups in total. The molecule has 2 heterocycles. The molecule has 5 heteroatoms. The van der Waals surface area contributed by atoms with E-state index in [9.17, 15) is 4.79 Å². The summed E-state index contributed by atoms with van der Waals surface area (Å²) in [6, 6.07) is 0.246. The molecule has 22 heavy (non-hydrogen) atoms. The van der Waals surface area contributed by atoms with Crippen LogP contribution in [0.3, 0.4) is 0 Å². The Balaban J connectivity index is 1.75. The van der Waals surface area contributed by atoms with E-state index in [1.165, 1.54) is 20.0 Å². The monoisotopic (exact) mass is 309 g/mol. The lowest BCUT2D eigenvalue weighted by Gasteiger charge is -2.40. The van der Waals surface area contributed by atoms with Crippen LogP contribution in [0.4, 0.5) is 0 Å². The second-order valence-corrected chi connectivity index (χ2v) is 8.51. The van der Waals surface area contributed by atoms with Crippen molar-refractivity contribution in [3.8, 4) is 0 Å². The first-order valence-electron chi connectivity index (χ1n) is 8.40. The van der Waals surface area contributed by atoms with Crippen molar-refractivity contribution in [1.29, 1.82) is 0 Å². The van der Waals surface area contributed by atoms with Gasteiger partial charge in [0.2, 0.25) is 0 Å². The average Bonchev–Trinajstić information content (AvgIpc) is 2.99. The van der Waals surface area contributed by atoms with Gasteiger partial charge in [-0.05, 0) is 38.0 Å². The Morgan fingerprint density at radius 2 is 1.95 bits per heavy atom. The minimum Gasteiger partial charge on any atom is -0.469 e. The maximum atomic E-state index is 12.3. The minimum absolute atomic E-state index is 0.130. The molecule has 4 rings (SSSR count). The summed E-state index contributed by atoms with van der Waals surface area (Å²) in [5.74, 6) is -0.0867. The Morgan fingerprint density at radius 1 is 1.27 bits per heavy atom. The number of methoxy groups -OCH3 is 1. The Hall–Kier alpha value is -0.650. The first kappa shape index (κ1) is 14.9. The van der Waals surface area contributed by atoms with E-state index in [1.807, 2.05) is 18.9 Å². The van der Waals surface area contributed by atoms with Gasteiger partial charge in [-0.3, -0.25) is 9.63 Å². The van der Waals surface area contributed by atoms with E-state index in [0.717, 1.165) is 0 Å². The molecule has 124 valence electrons. The summed E-state index contributed by atoms with van der Waals surface area (Å²) in [7, 11) is 1.44. The summed E-state index contributed by atoms with van der Waals surface area (Å²) < 4.78 is 11.6. The van der Waals surface area contributed by atoms with E-state index in [1.54, 1.807) is 0 Å². The maximum Gasteiger partial charge on any atom is 0.315 e. The van der Waals surface area contributed by atoms with Crippen LogP contribution in [0.2, 0.25) is 0 Å². The van der Waals surface area contributed by atoms with Crippen LogP contribution in [0.1, 0.15) is 47.5 Å². The molecule has 2 aliphatic heterocycles. The van der Waals surface area contributed by atoms with Crippen LogP contribution in [0.15, 0.2) is 0 Å². The van der Waals surface area contributed by atoms with Crippen LogP contribution in [0.5, 0.6) is 0 Å². The molecule has 0 aromatic heterocycles. The largest absolute Gasteiger partial charge is 0.469 e. The molecule has 7 atom stereocenters. The van der Waals surface area contributed by atoms with E-state index in [2.05, 4.69) is 20.8 Å². The Labute approximate surface area is 132 Å². The van der Waals surface area contributed by atoms with Crippen molar-refractivity contribution >= 4 is 5.97 Å². The summed E-state index contributed by atoms with van der Waals surface area (Å²) >= 11 is 0. The molecule has 0 unspecified atom stereocenters. The molecule has 0 aromatic carbocycles. The summed E-state index contributed by atoms with van der Waals surface area (Å²) in [5.41, 5.74) is -0.329. The van der Waals surface area contributed by atoms with Crippen molar-refractivity contribution < 1.29 is 19.1 Å². The molecular weight excluding hydrogens is 282 g/mol. The van der Waals surface area contributed by atoms with Crippen molar-refractivity contribution in [1.82, 2.24) is 5.06 Å². The molecule has 2 saturated carbocycles. The van der Waals surface area contributed by atoms with Crippen LogP contribution >= 0.6 is 0 Å². The van der Waals surface area contributed by atoms with Crippen molar-refractivity contribution in [3.63, 3.8) is 0 Å². The zero-order valence-corrected chi connectivity index (χ0v) is 14.4. The van der Waals surface area contributed by atoms with Crippen molar-refractivity contribution in [3.05, 3.63) is 0 Å². The highest BCUT2D eigenvalue weighted by molar-refractivity contribution is 5.74. The molecular formula is C17H27NO4. The second kappa shape index (κ2) is 4.05. The van der Waals surface area contributed by atoms with Crippen molar-refractivity contribution in [2.24, 2.45) is 22.7 Å². The summed E-state index contributed by atoms with van der Waals surface area (Å²) in [6.45, 7) is 11.0. The zero-order chi connectivity index (χ0) is 16.1. The lowest BCUT2D eigenvalue weighted by molar-refractivity contribution is -0.232. The molecule has 0 spiro atoms. The minimum atomic E-state index is -0.706. The zero-order valence-electron chi connectivity index (χ0n) is 14.4. The number of ether oxygens (including phenoxy) is 2. The van der Waals surface area contributed by atoms with Gasteiger partial charge in [0.25, 0.3) is 0 Å². The fourth-order valence-corrected chi connectivity index (χ4v) is 5.95. The molecule has 0 radical (unpaired) electrons. The highest BCUT2D eigenvalue weighted by atomic mass is 16.8. The van der Waals surface area contributed by atoms with Gasteiger partial charge < -0.3 is 9.47 Å². The maximum absolute atomic E-state index is 12.3. The van der Waals surface area contributed by atoms with Crippen LogP contribution in [-0.4, -0.2) is 42.1 Å². The number of carbonyl (C=O) groups is 1. The SMILES string of the molecule is COC(=O)[C@H]1[C@H](C)ON2[C@@H]3[C@H]4CC[C@@](C)([C@@H]3O[C@@]12C)C4(C)C. The van der Waals surface area contributed by atoms with Gasteiger partial charge in [0.05, 0.1) is 25.4 Å². The summed E-state index contributed by atoms with van der Waals surface area (Å²) in [6.07, 6.45) is 2.31. The Bertz CT molecular complexity index is 535. The van der Waals surface area contributed by atoms with E-state index in [-0.39, 0.29) is 35.0 Å². The number of hydroxylamine groups is 2. The Kier molecular flexibility index (Phi) is 2.75. The number of carbonyl (C=O) groups excluding carboxylic acids is 1. The molecule has 5 nitrogen and oxygen atoms in total. The van der Waals surface area contributed by atoms with Gasteiger partial charge in [-0.15, -0.1) is 0 Å². The average molecular weight is 309 g/mol. The summed E-state index contributed by atoms with van der Waals surface area (Å²) in [5, 5.41) is 2.01. The van der Waals surface area contributed by atoms with Gasteiger partial charge >= 0.3 is 5.97 Å². The van der Waals surface area contributed by atoms with Crippen LogP contribution in [0.25, 0.3) is 0 Å². The number of esters is 1. The highest BCUT2D eigenvalue weighted by Gasteiger charge is 2.77. The van der Waals surface area contributed by atoms with Crippen LogP contribution in [0, 0.1) is 22.7 Å². The third-order valence-electron chi connectivity index (χ3n) is 7.58. The third-order valence-corrected chi connectivity index (χ3v) is 7.58. The van der Waals surface area contributed by atoms with Gasteiger partial charge in [0, 0.05) is 5.41 Å². The number of hydrogen-bond donors (Lipinski definition) is 0. The molecule has 2 bridgehead atoms. The fourth-order valence-electron chi connectivity index (χ4n) is 5.95. The standard InChI is InChI=1S/C17H27NO4/c1-9-11(14(19)20-6)17(5)18(22-9)12-10-7-8-16(4,13(12)21-17)15(10,2)3/h9-13H,7-8H2,1-6H3/t9-,10+,11+,12+,13+,16-,17-/m0/s1. The smallest absolute Gasteiger partial charge is 0.315 e. The number of fused-ring (bicyclic) bond motifs is 7.